The molecule has 0 spiro atoms. The highest BCUT2D eigenvalue weighted by Crippen LogP contribution is 2.30. The number of hydrogen-bond acceptors (Lipinski definition) is 4. The summed E-state index contributed by atoms with van der Waals surface area (Å²) in [5.41, 5.74) is 3.89. The van der Waals surface area contributed by atoms with Gasteiger partial charge in [-0.1, -0.05) is 24.3 Å². The van der Waals surface area contributed by atoms with Crippen LogP contribution in [0.5, 0.6) is 11.5 Å². The largest absolute Gasteiger partial charge is 0.497 e. The smallest absolute Gasteiger partial charge is 0.226 e. The van der Waals surface area contributed by atoms with Gasteiger partial charge in [-0.05, 0) is 47.7 Å². The van der Waals surface area contributed by atoms with Crippen LogP contribution in [0.25, 0.3) is 0 Å². The summed E-state index contributed by atoms with van der Waals surface area (Å²) in [6.07, 6.45) is 1.77. The second-order valence-corrected chi connectivity index (χ2v) is 7.27. The molecular weight excluding hydrogens is 340 g/mol. The second-order valence-electron chi connectivity index (χ2n) is 7.27. The first-order chi connectivity index (χ1) is 13.2. The minimum absolute atomic E-state index is 0.0703. The van der Waals surface area contributed by atoms with Crippen molar-refractivity contribution in [1.82, 2.24) is 10.2 Å². The Hall–Kier alpha value is -2.53. The van der Waals surface area contributed by atoms with E-state index >= 15 is 0 Å². The molecule has 0 saturated heterocycles. The van der Waals surface area contributed by atoms with Crippen molar-refractivity contribution in [1.29, 1.82) is 0 Å². The molecule has 2 aliphatic heterocycles. The fourth-order valence-corrected chi connectivity index (χ4v) is 3.89. The van der Waals surface area contributed by atoms with Crippen LogP contribution in [0.1, 0.15) is 16.7 Å². The molecule has 27 heavy (non-hydrogen) atoms. The van der Waals surface area contributed by atoms with Gasteiger partial charge in [-0.3, -0.25) is 9.69 Å². The zero-order chi connectivity index (χ0) is 18.6. The summed E-state index contributed by atoms with van der Waals surface area (Å²) < 4.78 is 11.0. The Labute approximate surface area is 160 Å². The summed E-state index contributed by atoms with van der Waals surface area (Å²) in [5, 5.41) is 3.09. The van der Waals surface area contributed by atoms with Crippen molar-refractivity contribution in [2.75, 3.05) is 33.4 Å². The molecule has 5 heteroatoms. The third-order valence-electron chi connectivity index (χ3n) is 5.48. The van der Waals surface area contributed by atoms with Gasteiger partial charge in [0, 0.05) is 26.2 Å². The molecule has 2 aromatic rings. The highest BCUT2D eigenvalue weighted by molar-refractivity contribution is 5.79. The molecule has 1 atom stereocenters. The van der Waals surface area contributed by atoms with Crippen LogP contribution < -0.4 is 14.8 Å². The van der Waals surface area contributed by atoms with Gasteiger partial charge < -0.3 is 14.8 Å². The predicted molar refractivity (Wildman–Crippen MR) is 104 cm³/mol. The molecule has 0 fully saturated rings. The van der Waals surface area contributed by atoms with Gasteiger partial charge in [-0.15, -0.1) is 0 Å². The molecule has 2 aliphatic rings. The van der Waals surface area contributed by atoms with Crippen LogP contribution in [-0.2, 0) is 24.2 Å². The van der Waals surface area contributed by atoms with E-state index in [9.17, 15) is 4.79 Å². The number of carbonyl (C=O) groups is 1. The molecule has 0 aliphatic carbocycles. The van der Waals surface area contributed by atoms with Gasteiger partial charge in [0.15, 0.2) is 0 Å². The van der Waals surface area contributed by atoms with Crippen molar-refractivity contribution < 1.29 is 14.3 Å². The number of carbonyl (C=O) groups excluding carboxylic acids is 1. The van der Waals surface area contributed by atoms with Crippen LogP contribution in [-0.4, -0.2) is 44.2 Å². The van der Waals surface area contributed by atoms with Crippen molar-refractivity contribution >= 4 is 5.91 Å². The lowest BCUT2D eigenvalue weighted by Gasteiger charge is -2.29. The number of nitrogens with zero attached hydrogens (tertiary/aromatic N) is 1. The summed E-state index contributed by atoms with van der Waals surface area (Å²) in [5.74, 6) is 1.57. The zero-order valence-electron chi connectivity index (χ0n) is 15.7. The van der Waals surface area contributed by atoms with Gasteiger partial charge >= 0.3 is 0 Å². The third kappa shape index (κ3) is 4.08. The lowest BCUT2D eigenvalue weighted by molar-refractivity contribution is -0.126. The minimum Gasteiger partial charge on any atom is -0.497 e. The van der Waals surface area contributed by atoms with Crippen LogP contribution in [0.15, 0.2) is 42.5 Å². The van der Waals surface area contributed by atoms with Gasteiger partial charge in [0.05, 0.1) is 13.0 Å². The van der Waals surface area contributed by atoms with Gasteiger partial charge in [-0.25, -0.2) is 0 Å². The summed E-state index contributed by atoms with van der Waals surface area (Å²) in [7, 11) is 1.65. The topological polar surface area (TPSA) is 50.8 Å². The summed E-state index contributed by atoms with van der Waals surface area (Å²) in [6.45, 7) is 3.99. The highest BCUT2D eigenvalue weighted by Gasteiger charge is 2.26. The van der Waals surface area contributed by atoms with Crippen molar-refractivity contribution in [2.24, 2.45) is 5.92 Å². The average molecular weight is 366 g/mol. The highest BCUT2D eigenvalue weighted by atomic mass is 16.5. The molecular formula is C22H26N2O3. The number of rotatable bonds is 5. The Bertz CT molecular complexity index is 821. The first-order valence-corrected chi connectivity index (χ1v) is 9.59. The van der Waals surface area contributed by atoms with Crippen molar-refractivity contribution in [3.63, 3.8) is 0 Å². The molecule has 0 saturated carbocycles. The molecule has 4 rings (SSSR count). The average Bonchev–Trinajstić information content (AvgIpc) is 2.72. The van der Waals surface area contributed by atoms with Gasteiger partial charge in [0.25, 0.3) is 0 Å². The van der Waals surface area contributed by atoms with E-state index in [4.69, 9.17) is 9.47 Å². The zero-order valence-corrected chi connectivity index (χ0v) is 15.7. The van der Waals surface area contributed by atoms with Crippen LogP contribution in [0.3, 0.4) is 0 Å². The van der Waals surface area contributed by atoms with E-state index in [-0.39, 0.29) is 11.8 Å². The molecule has 142 valence electrons. The normalized spacial score (nSPS) is 18.8. The van der Waals surface area contributed by atoms with E-state index in [1.807, 2.05) is 18.2 Å². The minimum atomic E-state index is -0.147. The fraction of sp³-hybridized carbons (Fsp3) is 0.409. The Morgan fingerprint density at radius 2 is 2.07 bits per heavy atom. The summed E-state index contributed by atoms with van der Waals surface area (Å²) in [6, 6.07) is 14.4. The summed E-state index contributed by atoms with van der Waals surface area (Å²) >= 11 is 0. The maximum Gasteiger partial charge on any atom is 0.226 e. The van der Waals surface area contributed by atoms with E-state index < -0.39 is 0 Å². The second kappa shape index (κ2) is 8.01. The molecule has 2 heterocycles. The van der Waals surface area contributed by atoms with Crippen LogP contribution in [0, 0.1) is 5.92 Å². The molecule has 1 N–H and O–H groups in total. The Kier molecular flexibility index (Phi) is 5.30. The Balaban J connectivity index is 1.26. The van der Waals surface area contributed by atoms with Gasteiger partial charge in [0.1, 0.15) is 18.1 Å². The molecule has 0 bridgehead atoms. The van der Waals surface area contributed by atoms with E-state index in [0.717, 1.165) is 43.1 Å². The van der Waals surface area contributed by atoms with E-state index in [1.165, 1.54) is 11.1 Å². The van der Waals surface area contributed by atoms with Crippen LogP contribution >= 0.6 is 0 Å². The fourth-order valence-electron chi connectivity index (χ4n) is 3.89. The van der Waals surface area contributed by atoms with Gasteiger partial charge in [-0.2, -0.15) is 0 Å². The van der Waals surface area contributed by atoms with Crippen LogP contribution in [0.2, 0.25) is 0 Å². The number of hydrogen-bond donors (Lipinski definition) is 1. The number of fused-ring (bicyclic) bond motifs is 2. The van der Waals surface area contributed by atoms with Crippen molar-refractivity contribution in [3.8, 4) is 11.5 Å². The number of amides is 1. The monoisotopic (exact) mass is 366 g/mol. The molecule has 0 aromatic heterocycles. The Morgan fingerprint density at radius 1 is 1.22 bits per heavy atom. The molecule has 1 amide bonds. The van der Waals surface area contributed by atoms with E-state index in [2.05, 4.69) is 34.5 Å². The van der Waals surface area contributed by atoms with Gasteiger partial charge in [0.2, 0.25) is 5.91 Å². The lowest BCUT2D eigenvalue weighted by Crippen LogP contribution is -2.42. The quantitative estimate of drug-likeness (QED) is 0.883. The first kappa shape index (κ1) is 17.9. The maximum atomic E-state index is 12.6. The SMILES string of the molecule is COc1ccc2c(c1)CC(C(=O)NCCN1CCc3ccccc3C1)CO2. The van der Waals surface area contributed by atoms with Crippen molar-refractivity contribution in [2.45, 2.75) is 19.4 Å². The van der Waals surface area contributed by atoms with Crippen LogP contribution in [0.4, 0.5) is 0 Å². The maximum absolute atomic E-state index is 12.6. The number of ether oxygens (including phenoxy) is 2. The number of methoxy groups -OCH3 is 1. The Morgan fingerprint density at radius 3 is 2.93 bits per heavy atom. The number of nitrogens with one attached hydrogen (secondary N) is 1. The standard InChI is InChI=1S/C22H26N2O3/c1-26-20-6-7-21-18(13-20)12-19(15-27-21)22(25)23-9-11-24-10-8-16-4-2-3-5-17(16)14-24/h2-7,13,19H,8-12,14-15H2,1H3,(H,23,25). The predicted octanol–water partition coefficient (Wildman–Crippen LogP) is 2.42. The first-order valence-electron chi connectivity index (χ1n) is 9.59. The third-order valence-corrected chi connectivity index (χ3v) is 5.48. The van der Waals surface area contributed by atoms with Crippen molar-refractivity contribution in [3.05, 3.63) is 59.2 Å². The molecule has 0 radical (unpaired) electrons. The number of benzene rings is 2. The molecule has 1 unspecified atom stereocenters. The molecule has 5 nitrogen and oxygen atoms in total. The van der Waals surface area contributed by atoms with E-state index in [1.54, 1.807) is 7.11 Å². The molecule has 2 aromatic carbocycles. The van der Waals surface area contributed by atoms with E-state index in [0.29, 0.717) is 19.6 Å². The lowest BCUT2D eigenvalue weighted by atomic mass is 9.96. The summed E-state index contributed by atoms with van der Waals surface area (Å²) in [4.78, 5) is 15.0.